The molecule has 0 fully saturated rings. The molecule has 0 unspecified atom stereocenters. The van der Waals surface area contributed by atoms with Crippen LogP contribution in [0.5, 0.6) is 0 Å². The van der Waals surface area contributed by atoms with Gasteiger partial charge in [0.15, 0.2) is 0 Å². The zero-order valence-corrected chi connectivity index (χ0v) is 16.9. The van der Waals surface area contributed by atoms with Crippen LogP contribution in [0.15, 0.2) is 54.7 Å². The van der Waals surface area contributed by atoms with Gasteiger partial charge in [0.2, 0.25) is 5.95 Å². The standard InChI is InChI=1S/C23H26N4O/c1-5-27(15-19-9-7-6-8-10-19)23-24-12-11-20(25-23)22(28)26-21-17(3)13-16(2)14-18(21)4/h6-14H,5,15H2,1-4H3,(H,26,28). The van der Waals surface area contributed by atoms with E-state index >= 15 is 0 Å². The third kappa shape index (κ3) is 4.55. The molecule has 0 saturated heterocycles. The first-order chi connectivity index (χ1) is 13.5. The second-order valence-corrected chi connectivity index (χ2v) is 6.97. The number of hydrogen-bond donors (Lipinski definition) is 1. The van der Waals surface area contributed by atoms with E-state index in [2.05, 4.69) is 51.4 Å². The molecule has 1 aromatic heterocycles. The first-order valence-electron chi connectivity index (χ1n) is 9.49. The summed E-state index contributed by atoms with van der Waals surface area (Å²) in [5, 5.41) is 3.01. The third-order valence-electron chi connectivity index (χ3n) is 4.67. The van der Waals surface area contributed by atoms with Gasteiger partial charge in [0.25, 0.3) is 5.91 Å². The Hall–Kier alpha value is -3.21. The number of aryl methyl sites for hydroxylation is 3. The summed E-state index contributed by atoms with van der Waals surface area (Å²) in [6.07, 6.45) is 1.64. The smallest absolute Gasteiger partial charge is 0.274 e. The van der Waals surface area contributed by atoms with Crippen molar-refractivity contribution >= 4 is 17.5 Å². The van der Waals surface area contributed by atoms with Gasteiger partial charge in [-0.2, -0.15) is 0 Å². The van der Waals surface area contributed by atoms with Crippen LogP contribution >= 0.6 is 0 Å². The van der Waals surface area contributed by atoms with Crippen molar-refractivity contribution in [1.82, 2.24) is 9.97 Å². The summed E-state index contributed by atoms with van der Waals surface area (Å²) in [6.45, 7) is 9.54. The van der Waals surface area contributed by atoms with Gasteiger partial charge in [0.05, 0.1) is 0 Å². The molecule has 0 aliphatic rings. The van der Waals surface area contributed by atoms with Gasteiger partial charge in [-0.05, 0) is 50.5 Å². The predicted octanol–water partition coefficient (Wildman–Crippen LogP) is 4.68. The van der Waals surface area contributed by atoms with Crippen LogP contribution in [0.1, 0.15) is 39.7 Å². The lowest BCUT2D eigenvalue weighted by Gasteiger charge is -2.21. The lowest BCUT2D eigenvalue weighted by Crippen LogP contribution is -2.25. The Morgan fingerprint density at radius 1 is 1.04 bits per heavy atom. The molecule has 0 bridgehead atoms. The van der Waals surface area contributed by atoms with Gasteiger partial charge in [0, 0.05) is 25.0 Å². The van der Waals surface area contributed by atoms with E-state index in [9.17, 15) is 4.79 Å². The zero-order valence-electron chi connectivity index (χ0n) is 16.9. The number of benzene rings is 2. The lowest BCUT2D eigenvalue weighted by atomic mass is 10.1. The topological polar surface area (TPSA) is 58.1 Å². The summed E-state index contributed by atoms with van der Waals surface area (Å²) in [5.41, 5.74) is 5.63. The summed E-state index contributed by atoms with van der Waals surface area (Å²) < 4.78 is 0. The van der Waals surface area contributed by atoms with Crippen molar-refractivity contribution < 1.29 is 4.79 Å². The van der Waals surface area contributed by atoms with Crippen LogP contribution in [-0.4, -0.2) is 22.4 Å². The highest BCUT2D eigenvalue weighted by molar-refractivity contribution is 6.03. The van der Waals surface area contributed by atoms with E-state index < -0.39 is 0 Å². The van der Waals surface area contributed by atoms with Gasteiger partial charge in [-0.1, -0.05) is 48.0 Å². The van der Waals surface area contributed by atoms with Crippen LogP contribution in [0.25, 0.3) is 0 Å². The fraction of sp³-hybridized carbons (Fsp3) is 0.261. The molecular weight excluding hydrogens is 348 g/mol. The number of amides is 1. The Kier molecular flexibility index (Phi) is 6.04. The quantitative estimate of drug-likeness (QED) is 0.680. The molecule has 2 aromatic carbocycles. The summed E-state index contributed by atoms with van der Waals surface area (Å²) >= 11 is 0. The van der Waals surface area contributed by atoms with Crippen molar-refractivity contribution in [2.45, 2.75) is 34.2 Å². The molecule has 5 nitrogen and oxygen atoms in total. The van der Waals surface area contributed by atoms with E-state index in [1.165, 1.54) is 11.1 Å². The highest BCUT2D eigenvalue weighted by atomic mass is 16.1. The van der Waals surface area contributed by atoms with E-state index in [4.69, 9.17) is 0 Å². The molecule has 3 rings (SSSR count). The SMILES string of the molecule is CCN(Cc1ccccc1)c1nccc(C(=O)Nc2c(C)cc(C)cc2C)n1. The van der Waals surface area contributed by atoms with Gasteiger partial charge in [0.1, 0.15) is 5.69 Å². The van der Waals surface area contributed by atoms with Gasteiger partial charge in [-0.15, -0.1) is 0 Å². The molecule has 1 heterocycles. The van der Waals surface area contributed by atoms with E-state index in [1.807, 2.05) is 39.0 Å². The number of aromatic nitrogens is 2. The van der Waals surface area contributed by atoms with Crippen LogP contribution in [0.4, 0.5) is 11.6 Å². The minimum atomic E-state index is -0.227. The maximum absolute atomic E-state index is 12.8. The first kappa shape index (κ1) is 19.5. The molecule has 0 radical (unpaired) electrons. The van der Waals surface area contributed by atoms with Crippen molar-refractivity contribution in [3.63, 3.8) is 0 Å². The average Bonchev–Trinajstić information content (AvgIpc) is 2.69. The van der Waals surface area contributed by atoms with E-state index in [0.717, 1.165) is 23.4 Å². The van der Waals surface area contributed by atoms with Gasteiger partial charge >= 0.3 is 0 Å². The fourth-order valence-electron chi connectivity index (χ4n) is 3.31. The monoisotopic (exact) mass is 374 g/mol. The van der Waals surface area contributed by atoms with Crippen LogP contribution in [0.3, 0.4) is 0 Å². The van der Waals surface area contributed by atoms with Crippen LogP contribution in [0, 0.1) is 20.8 Å². The molecule has 28 heavy (non-hydrogen) atoms. The third-order valence-corrected chi connectivity index (χ3v) is 4.67. The Morgan fingerprint density at radius 2 is 1.71 bits per heavy atom. The van der Waals surface area contributed by atoms with Gasteiger partial charge in [-0.3, -0.25) is 4.79 Å². The van der Waals surface area contributed by atoms with Crippen LogP contribution < -0.4 is 10.2 Å². The molecule has 3 aromatic rings. The minimum absolute atomic E-state index is 0.227. The van der Waals surface area contributed by atoms with Crippen molar-refractivity contribution in [3.05, 3.63) is 82.7 Å². The normalized spacial score (nSPS) is 10.6. The minimum Gasteiger partial charge on any atom is -0.337 e. The van der Waals surface area contributed by atoms with Crippen molar-refractivity contribution in [3.8, 4) is 0 Å². The van der Waals surface area contributed by atoms with E-state index in [-0.39, 0.29) is 5.91 Å². The number of carbonyl (C=O) groups is 1. The highest BCUT2D eigenvalue weighted by Gasteiger charge is 2.15. The molecule has 0 saturated carbocycles. The number of nitrogens with one attached hydrogen (secondary N) is 1. The van der Waals surface area contributed by atoms with Crippen LogP contribution in [-0.2, 0) is 6.54 Å². The Morgan fingerprint density at radius 3 is 2.36 bits per heavy atom. The maximum atomic E-state index is 12.8. The van der Waals surface area contributed by atoms with Crippen molar-refractivity contribution in [2.24, 2.45) is 0 Å². The summed E-state index contributed by atoms with van der Waals surface area (Å²) in [5.74, 6) is 0.325. The summed E-state index contributed by atoms with van der Waals surface area (Å²) in [6, 6.07) is 15.9. The molecule has 0 aliphatic carbocycles. The van der Waals surface area contributed by atoms with Crippen molar-refractivity contribution in [1.29, 1.82) is 0 Å². The zero-order chi connectivity index (χ0) is 20.1. The lowest BCUT2D eigenvalue weighted by molar-refractivity contribution is 0.102. The number of anilines is 2. The largest absolute Gasteiger partial charge is 0.337 e. The molecule has 144 valence electrons. The van der Waals surface area contributed by atoms with Gasteiger partial charge in [-0.25, -0.2) is 9.97 Å². The highest BCUT2D eigenvalue weighted by Crippen LogP contribution is 2.22. The predicted molar refractivity (Wildman–Crippen MR) is 114 cm³/mol. The first-order valence-corrected chi connectivity index (χ1v) is 9.49. The molecule has 0 atom stereocenters. The number of carbonyl (C=O) groups excluding carboxylic acids is 1. The van der Waals surface area contributed by atoms with Crippen LogP contribution in [0.2, 0.25) is 0 Å². The second kappa shape index (κ2) is 8.65. The van der Waals surface area contributed by atoms with E-state index in [1.54, 1.807) is 12.3 Å². The molecule has 0 spiro atoms. The molecule has 1 amide bonds. The number of nitrogens with zero attached hydrogens (tertiary/aromatic N) is 3. The Balaban J connectivity index is 1.81. The van der Waals surface area contributed by atoms with E-state index in [0.29, 0.717) is 18.2 Å². The number of hydrogen-bond acceptors (Lipinski definition) is 4. The maximum Gasteiger partial charge on any atom is 0.274 e. The van der Waals surface area contributed by atoms with Crippen molar-refractivity contribution in [2.75, 3.05) is 16.8 Å². The molecule has 5 heteroatoms. The summed E-state index contributed by atoms with van der Waals surface area (Å²) in [4.78, 5) is 23.7. The molecule has 1 N–H and O–H groups in total. The molecule has 0 aliphatic heterocycles. The molecular formula is C23H26N4O. The second-order valence-electron chi connectivity index (χ2n) is 6.97. The van der Waals surface area contributed by atoms with Gasteiger partial charge < -0.3 is 10.2 Å². The Bertz CT molecular complexity index is 946. The Labute approximate surface area is 166 Å². The average molecular weight is 374 g/mol. The number of rotatable bonds is 6. The fourth-order valence-corrected chi connectivity index (χ4v) is 3.31. The summed E-state index contributed by atoms with van der Waals surface area (Å²) in [7, 11) is 0.